The Morgan fingerprint density at radius 3 is 2.62 bits per heavy atom. The summed E-state index contributed by atoms with van der Waals surface area (Å²) in [6.45, 7) is 2.15. The molecule has 1 aliphatic rings. The van der Waals surface area contributed by atoms with Crippen LogP contribution in [0.5, 0.6) is 5.75 Å². The lowest BCUT2D eigenvalue weighted by molar-refractivity contribution is -0.137. The van der Waals surface area contributed by atoms with E-state index >= 15 is 0 Å². The number of Topliss-reactive ketones (excluding diaryl/α,β-unsaturated/α-hetero) is 1. The van der Waals surface area contributed by atoms with Gasteiger partial charge in [-0.15, -0.1) is 0 Å². The molecule has 0 aliphatic carbocycles. The van der Waals surface area contributed by atoms with E-state index < -0.39 is 23.8 Å². The first-order valence-electron chi connectivity index (χ1n) is 9.00. The van der Waals surface area contributed by atoms with E-state index in [1.165, 1.54) is 24.1 Å². The number of rotatable bonds is 4. The number of carboxylic acid groups (broad SMARTS) is 1. The number of carbonyl (C=O) groups is 2. The van der Waals surface area contributed by atoms with Crippen molar-refractivity contribution in [3.05, 3.63) is 41.2 Å². The number of furan rings is 1. The molecule has 0 bridgehead atoms. The summed E-state index contributed by atoms with van der Waals surface area (Å²) in [7, 11) is 1.26. The number of hydrogen-bond donors (Lipinski definition) is 1. The first-order valence-corrected chi connectivity index (χ1v) is 9.00. The molecule has 29 heavy (non-hydrogen) atoms. The lowest BCUT2D eigenvalue weighted by Gasteiger charge is -2.29. The number of ether oxygens (including phenoxy) is 1. The van der Waals surface area contributed by atoms with Crippen molar-refractivity contribution in [3.63, 3.8) is 0 Å². The third-order valence-corrected chi connectivity index (χ3v) is 5.00. The highest BCUT2D eigenvalue weighted by molar-refractivity contribution is 5.96. The van der Waals surface area contributed by atoms with Crippen molar-refractivity contribution < 1.29 is 37.0 Å². The Hall–Kier alpha value is -2.97. The van der Waals surface area contributed by atoms with Crippen molar-refractivity contribution in [2.75, 3.05) is 20.2 Å². The fraction of sp³-hybridized carbons (Fsp3) is 0.400. The summed E-state index contributed by atoms with van der Waals surface area (Å²) >= 11 is 0. The Morgan fingerprint density at radius 2 is 2.00 bits per heavy atom. The zero-order valence-corrected chi connectivity index (χ0v) is 15.9. The smallest absolute Gasteiger partial charge is 0.416 e. The maximum absolute atomic E-state index is 13.0. The average Bonchev–Trinajstić information content (AvgIpc) is 3.07. The molecule has 0 saturated carbocycles. The first kappa shape index (κ1) is 20.8. The topological polar surface area (TPSA) is 80.0 Å². The number of hydrogen-bond acceptors (Lipinski definition) is 4. The van der Waals surface area contributed by atoms with Crippen LogP contribution in [0.3, 0.4) is 0 Å². The number of alkyl halides is 3. The van der Waals surface area contributed by atoms with E-state index in [1.54, 1.807) is 6.92 Å². The molecule has 6 nitrogen and oxygen atoms in total. The number of halogens is 3. The van der Waals surface area contributed by atoms with Gasteiger partial charge in [-0.2, -0.15) is 13.2 Å². The van der Waals surface area contributed by atoms with Gasteiger partial charge in [-0.1, -0.05) is 0 Å². The fourth-order valence-electron chi connectivity index (χ4n) is 3.49. The molecule has 1 aliphatic heterocycles. The highest BCUT2D eigenvalue weighted by Gasteiger charge is 2.33. The lowest BCUT2D eigenvalue weighted by Crippen LogP contribution is -2.41. The summed E-state index contributed by atoms with van der Waals surface area (Å²) < 4.78 is 49.7. The fourth-order valence-corrected chi connectivity index (χ4v) is 3.49. The van der Waals surface area contributed by atoms with Crippen LogP contribution in [-0.2, 0) is 6.18 Å². The quantitative estimate of drug-likeness (QED) is 0.727. The molecular weight excluding hydrogens is 391 g/mol. The zero-order valence-electron chi connectivity index (χ0n) is 15.9. The third-order valence-electron chi connectivity index (χ3n) is 5.00. The summed E-state index contributed by atoms with van der Waals surface area (Å²) in [4.78, 5) is 25.2. The number of methoxy groups -OCH3 is 1. The van der Waals surface area contributed by atoms with Crippen LogP contribution >= 0.6 is 0 Å². The maximum Gasteiger partial charge on any atom is 0.416 e. The van der Waals surface area contributed by atoms with Crippen molar-refractivity contribution in [1.29, 1.82) is 0 Å². The van der Waals surface area contributed by atoms with Gasteiger partial charge in [0.25, 0.3) is 0 Å². The van der Waals surface area contributed by atoms with Gasteiger partial charge >= 0.3 is 12.3 Å². The minimum Gasteiger partial charge on any atom is -0.496 e. The molecule has 156 valence electrons. The molecule has 0 unspecified atom stereocenters. The number of nitrogens with zero attached hydrogens (tertiary/aromatic N) is 1. The summed E-state index contributed by atoms with van der Waals surface area (Å²) in [5, 5.41) is 9.14. The minimum absolute atomic E-state index is 0.0222. The molecule has 2 heterocycles. The highest BCUT2D eigenvalue weighted by atomic mass is 19.4. The molecule has 1 atom stereocenters. The second-order valence-electron chi connectivity index (χ2n) is 6.97. The number of ketones is 1. The van der Waals surface area contributed by atoms with E-state index in [4.69, 9.17) is 14.3 Å². The maximum atomic E-state index is 13.0. The summed E-state index contributed by atoms with van der Waals surface area (Å²) in [6.07, 6.45) is -4.47. The van der Waals surface area contributed by atoms with Crippen LogP contribution in [0.4, 0.5) is 18.0 Å². The molecule has 1 saturated heterocycles. The van der Waals surface area contributed by atoms with Gasteiger partial charge in [0.1, 0.15) is 11.5 Å². The number of piperidine rings is 1. The third kappa shape index (κ3) is 4.23. The monoisotopic (exact) mass is 411 g/mol. The van der Waals surface area contributed by atoms with E-state index in [2.05, 4.69) is 0 Å². The van der Waals surface area contributed by atoms with E-state index in [9.17, 15) is 22.8 Å². The van der Waals surface area contributed by atoms with Crippen LogP contribution in [-0.4, -0.2) is 42.1 Å². The average molecular weight is 411 g/mol. The molecule has 1 aromatic carbocycles. The Morgan fingerprint density at radius 1 is 1.28 bits per heavy atom. The summed E-state index contributed by atoms with van der Waals surface area (Å²) in [5.74, 6) is -0.573. The van der Waals surface area contributed by atoms with Gasteiger partial charge in [0.05, 0.1) is 18.2 Å². The predicted octanol–water partition coefficient (Wildman–Crippen LogP) is 4.86. The molecule has 0 spiro atoms. The van der Waals surface area contributed by atoms with Crippen LogP contribution in [0.15, 0.2) is 28.7 Å². The van der Waals surface area contributed by atoms with Crippen LogP contribution in [0.25, 0.3) is 11.3 Å². The summed E-state index contributed by atoms with van der Waals surface area (Å²) in [5.41, 5.74) is 0.0137. The standard InChI is InChI=1S/C20H20F3NO5/c1-11-8-16(17(25)12-4-3-7-24(10-12)19(26)27)29-18(11)14-6-5-13(20(21,22)23)9-15(14)28-2/h5-6,8-9,12H,3-4,7,10H2,1-2H3,(H,26,27)/t12-/m1/s1. The molecule has 9 heteroatoms. The van der Waals surface area contributed by atoms with Gasteiger partial charge in [0, 0.05) is 19.0 Å². The number of likely N-dealkylation sites (tertiary alicyclic amines) is 1. The van der Waals surface area contributed by atoms with Crippen molar-refractivity contribution in [2.24, 2.45) is 5.92 Å². The van der Waals surface area contributed by atoms with E-state index in [0.717, 1.165) is 12.1 Å². The Balaban J connectivity index is 1.91. The van der Waals surface area contributed by atoms with Crippen LogP contribution < -0.4 is 4.74 Å². The van der Waals surface area contributed by atoms with Crippen molar-refractivity contribution >= 4 is 11.9 Å². The molecular formula is C20H20F3NO5. The molecule has 2 aromatic rings. The SMILES string of the molecule is COc1cc(C(F)(F)F)ccc1-c1oc(C(=O)[C@@H]2CCCN(C(=O)O)C2)cc1C. The molecule has 1 fully saturated rings. The van der Waals surface area contributed by atoms with Gasteiger partial charge in [-0.3, -0.25) is 4.79 Å². The highest BCUT2D eigenvalue weighted by Crippen LogP contribution is 2.39. The number of benzene rings is 1. The number of aryl methyl sites for hydroxylation is 1. The molecule has 1 N–H and O–H groups in total. The van der Waals surface area contributed by atoms with Gasteiger partial charge in [-0.05, 0) is 49.6 Å². The number of carbonyl (C=O) groups excluding carboxylic acids is 1. The molecule has 3 rings (SSSR count). The van der Waals surface area contributed by atoms with Crippen LogP contribution in [0.2, 0.25) is 0 Å². The second-order valence-corrected chi connectivity index (χ2v) is 6.97. The van der Waals surface area contributed by atoms with Gasteiger partial charge in [-0.25, -0.2) is 4.79 Å². The second kappa shape index (κ2) is 7.81. The van der Waals surface area contributed by atoms with Gasteiger partial charge < -0.3 is 19.2 Å². The zero-order chi connectivity index (χ0) is 21.3. The Bertz CT molecular complexity index is 935. The van der Waals surface area contributed by atoms with Crippen LogP contribution in [0.1, 0.15) is 34.5 Å². The summed E-state index contributed by atoms with van der Waals surface area (Å²) in [6, 6.07) is 4.57. The molecule has 1 amide bonds. The molecule has 1 aromatic heterocycles. The Kier molecular flexibility index (Phi) is 5.59. The van der Waals surface area contributed by atoms with Gasteiger partial charge in [0.15, 0.2) is 5.76 Å². The number of amides is 1. The predicted molar refractivity (Wildman–Crippen MR) is 97.1 cm³/mol. The van der Waals surface area contributed by atoms with Crippen molar-refractivity contribution in [1.82, 2.24) is 4.90 Å². The van der Waals surface area contributed by atoms with Gasteiger partial charge in [0.2, 0.25) is 5.78 Å². The normalized spacial score (nSPS) is 17.3. The van der Waals surface area contributed by atoms with E-state index in [1.807, 2.05) is 0 Å². The Labute approximate surface area is 164 Å². The minimum atomic E-state index is -4.51. The first-order chi connectivity index (χ1) is 13.6. The van der Waals surface area contributed by atoms with E-state index in [0.29, 0.717) is 30.5 Å². The van der Waals surface area contributed by atoms with Crippen molar-refractivity contribution in [3.8, 4) is 17.1 Å². The van der Waals surface area contributed by atoms with Crippen LogP contribution in [0, 0.1) is 12.8 Å². The largest absolute Gasteiger partial charge is 0.496 e. The lowest BCUT2D eigenvalue weighted by atomic mass is 9.92. The molecule has 0 radical (unpaired) electrons. The van der Waals surface area contributed by atoms with E-state index in [-0.39, 0.29) is 29.6 Å². The van der Waals surface area contributed by atoms with Crippen molar-refractivity contribution in [2.45, 2.75) is 25.9 Å².